The molecule has 1 aliphatic heterocycles. The van der Waals surface area contributed by atoms with Crippen LogP contribution in [0.15, 0.2) is 18.2 Å². The number of benzene rings is 1. The Morgan fingerprint density at radius 2 is 1.95 bits per heavy atom. The molecule has 1 aliphatic carbocycles. The molecule has 0 bridgehead atoms. The molecule has 1 unspecified atom stereocenters. The molecule has 1 saturated carbocycles. The van der Waals surface area contributed by atoms with Gasteiger partial charge in [-0.15, -0.1) is 0 Å². The number of rotatable bonds is 4. The average molecular weight is 291 g/mol. The molecule has 1 aromatic carbocycles. The van der Waals surface area contributed by atoms with Gasteiger partial charge in [-0.3, -0.25) is 4.90 Å². The van der Waals surface area contributed by atoms with Crippen molar-refractivity contribution < 1.29 is 14.3 Å². The van der Waals surface area contributed by atoms with Crippen molar-refractivity contribution in [2.45, 2.75) is 51.1 Å². The number of hydrogen-bond acceptors (Lipinski definition) is 2. The number of carboxylic acid groups (broad SMARTS) is 1. The Bertz CT molecular complexity index is 526. The molecule has 3 nitrogen and oxygen atoms in total. The summed E-state index contributed by atoms with van der Waals surface area (Å²) < 4.78 is 13.6. The van der Waals surface area contributed by atoms with Crippen LogP contribution in [-0.2, 0) is 6.54 Å². The molecule has 0 radical (unpaired) electrons. The van der Waals surface area contributed by atoms with Crippen LogP contribution >= 0.6 is 0 Å². The monoisotopic (exact) mass is 291 g/mol. The summed E-state index contributed by atoms with van der Waals surface area (Å²) in [4.78, 5) is 13.5. The van der Waals surface area contributed by atoms with Gasteiger partial charge in [0.1, 0.15) is 5.82 Å². The Morgan fingerprint density at radius 1 is 1.19 bits per heavy atom. The van der Waals surface area contributed by atoms with Crippen molar-refractivity contribution in [3.63, 3.8) is 0 Å². The molecule has 1 heterocycles. The third-order valence-corrected chi connectivity index (χ3v) is 4.95. The predicted molar refractivity (Wildman–Crippen MR) is 78.7 cm³/mol. The summed E-state index contributed by atoms with van der Waals surface area (Å²) in [6.07, 6.45) is 7.71. The second kappa shape index (κ2) is 6.14. The van der Waals surface area contributed by atoms with Crippen LogP contribution in [0.3, 0.4) is 0 Å². The van der Waals surface area contributed by atoms with E-state index in [4.69, 9.17) is 5.11 Å². The molecule has 0 spiro atoms. The Labute approximate surface area is 124 Å². The van der Waals surface area contributed by atoms with Crippen molar-refractivity contribution in [1.82, 2.24) is 4.90 Å². The first-order valence-corrected chi connectivity index (χ1v) is 7.90. The van der Waals surface area contributed by atoms with Crippen LogP contribution in [0, 0.1) is 11.7 Å². The molecule has 1 atom stereocenters. The van der Waals surface area contributed by atoms with Crippen LogP contribution < -0.4 is 0 Å². The van der Waals surface area contributed by atoms with Crippen LogP contribution in [0.1, 0.15) is 54.4 Å². The molecule has 0 aromatic heterocycles. The molecule has 4 heteroatoms. The van der Waals surface area contributed by atoms with Gasteiger partial charge < -0.3 is 5.11 Å². The first-order chi connectivity index (χ1) is 10.1. The maximum absolute atomic E-state index is 13.6. The average Bonchev–Trinajstić information content (AvgIpc) is 3.08. The zero-order valence-electron chi connectivity index (χ0n) is 12.2. The molecule has 0 amide bonds. The number of halogens is 1. The minimum absolute atomic E-state index is 0.0432. The highest BCUT2D eigenvalue weighted by Crippen LogP contribution is 2.36. The third-order valence-electron chi connectivity index (χ3n) is 4.95. The van der Waals surface area contributed by atoms with E-state index in [2.05, 4.69) is 4.90 Å². The second-order valence-electron chi connectivity index (χ2n) is 6.38. The first kappa shape index (κ1) is 14.5. The van der Waals surface area contributed by atoms with Gasteiger partial charge in [-0.05, 0) is 61.9 Å². The van der Waals surface area contributed by atoms with Gasteiger partial charge in [-0.25, -0.2) is 9.18 Å². The minimum atomic E-state index is -1.07. The van der Waals surface area contributed by atoms with Gasteiger partial charge in [-0.1, -0.05) is 12.8 Å². The van der Waals surface area contributed by atoms with Crippen LogP contribution in [0.25, 0.3) is 0 Å². The van der Waals surface area contributed by atoms with Gasteiger partial charge in [0.2, 0.25) is 0 Å². The van der Waals surface area contributed by atoms with E-state index in [-0.39, 0.29) is 5.56 Å². The molecule has 2 aliphatic rings. The highest BCUT2D eigenvalue weighted by Gasteiger charge is 2.33. The van der Waals surface area contributed by atoms with E-state index < -0.39 is 11.8 Å². The van der Waals surface area contributed by atoms with Crippen LogP contribution in [0.4, 0.5) is 4.39 Å². The SMILES string of the molecule is O=C(O)c1cc(F)cc(CN2CCCC2C2CCCC2)c1. The summed E-state index contributed by atoms with van der Waals surface area (Å²) in [7, 11) is 0. The van der Waals surface area contributed by atoms with Gasteiger partial charge in [0, 0.05) is 12.6 Å². The van der Waals surface area contributed by atoms with E-state index in [9.17, 15) is 9.18 Å². The fraction of sp³-hybridized carbons (Fsp3) is 0.588. The van der Waals surface area contributed by atoms with Gasteiger partial charge in [0.05, 0.1) is 5.56 Å². The van der Waals surface area contributed by atoms with Crippen molar-refractivity contribution in [3.05, 3.63) is 35.1 Å². The highest BCUT2D eigenvalue weighted by molar-refractivity contribution is 5.87. The topological polar surface area (TPSA) is 40.5 Å². The molecule has 3 rings (SSSR count). The Morgan fingerprint density at radius 3 is 2.67 bits per heavy atom. The predicted octanol–water partition coefficient (Wildman–Crippen LogP) is 3.68. The van der Waals surface area contributed by atoms with Crippen LogP contribution in [-0.4, -0.2) is 28.6 Å². The van der Waals surface area contributed by atoms with E-state index in [1.165, 1.54) is 44.6 Å². The van der Waals surface area contributed by atoms with Gasteiger partial charge in [0.15, 0.2) is 0 Å². The second-order valence-corrected chi connectivity index (χ2v) is 6.38. The van der Waals surface area contributed by atoms with Crippen molar-refractivity contribution in [2.75, 3.05) is 6.54 Å². The number of hydrogen-bond donors (Lipinski definition) is 1. The first-order valence-electron chi connectivity index (χ1n) is 7.90. The zero-order valence-corrected chi connectivity index (χ0v) is 12.2. The summed E-state index contributed by atoms with van der Waals surface area (Å²) in [6, 6.07) is 4.76. The zero-order chi connectivity index (χ0) is 14.8. The number of aromatic carboxylic acids is 1. The number of carbonyl (C=O) groups is 1. The smallest absolute Gasteiger partial charge is 0.335 e. The van der Waals surface area contributed by atoms with Crippen molar-refractivity contribution in [1.29, 1.82) is 0 Å². The number of nitrogens with zero attached hydrogens (tertiary/aromatic N) is 1. The summed E-state index contributed by atoms with van der Waals surface area (Å²) >= 11 is 0. The van der Waals surface area contributed by atoms with Gasteiger partial charge in [-0.2, -0.15) is 0 Å². The van der Waals surface area contributed by atoms with Gasteiger partial charge >= 0.3 is 5.97 Å². The van der Waals surface area contributed by atoms with Gasteiger partial charge in [0.25, 0.3) is 0 Å². The fourth-order valence-corrected chi connectivity index (χ4v) is 4.02. The largest absolute Gasteiger partial charge is 0.478 e. The highest BCUT2D eigenvalue weighted by atomic mass is 19.1. The van der Waals surface area contributed by atoms with Crippen molar-refractivity contribution in [3.8, 4) is 0 Å². The fourth-order valence-electron chi connectivity index (χ4n) is 4.02. The summed E-state index contributed by atoms with van der Waals surface area (Å²) in [6.45, 7) is 1.71. The lowest BCUT2D eigenvalue weighted by Gasteiger charge is -2.29. The maximum Gasteiger partial charge on any atom is 0.335 e. The molecule has 2 fully saturated rings. The van der Waals surface area contributed by atoms with Crippen LogP contribution in [0.5, 0.6) is 0 Å². The lowest BCUT2D eigenvalue weighted by Crippen LogP contribution is -2.34. The quantitative estimate of drug-likeness (QED) is 0.920. The normalized spacial score (nSPS) is 23.8. The molecular weight excluding hydrogens is 269 g/mol. The molecule has 1 aromatic rings. The Balaban J connectivity index is 1.74. The van der Waals surface area contributed by atoms with E-state index in [1.54, 1.807) is 6.07 Å². The van der Waals surface area contributed by atoms with Crippen LogP contribution in [0.2, 0.25) is 0 Å². The molecular formula is C17H22FNO2. The third kappa shape index (κ3) is 3.26. The molecule has 1 saturated heterocycles. The lowest BCUT2D eigenvalue weighted by atomic mass is 9.95. The molecule has 21 heavy (non-hydrogen) atoms. The summed E-state index contributed by atoms with van der Waals surface area (Å²) in [5.74, 6) is -0.744. The number of carboxylic acids is 1. The minimum Gasteiger partial charge on any atom is -0.478 e. The van der Waals surface area contributed by atoms with Crippen molar-refractivity contribution in [2.24, 2.45) is 5.92 Å². The van der Waals surface area contributed by atoms with Crippen molar-refractivity contribution >= 4 is 5.97 Å². The lowest BCUT2D eigenvalue weighted by molar-refractivity contribution is 0.0696. The maximum atomic E-state index is 13.6. The Hall–Kier alpha value is -1.42. The molecule has 114 valence electrons. The Kier molecular flexibility index (Phi) is 4.24. The summed E-state index contributed by atoms with van der Waals surface area (Å²) in [5, 5.41) is 9.04. The van der Waals surface area contributed by atoms with E-state index in [1.807, 2.05) is 0 Å². The standard InChI is InChI=1S/C17H22FNO2/c18-15-9-12(8-14(10-15)17(20)21)11-19-7-3-6-16(19)13-4-1-2-5-13/h8-10,13,16H,1-7,11H2,(H,20,21). The molecule has 1 N–H and O–H groups in total. The van der Waals surface area contributed by atoms with E-state index in [0.29, 0.717) is 12.6 Å². The van der Waals surface area contributed by atoms with E-state index >= 15 is 0 Å². The number of likely N-dealkylation sites (tertiary alicyclic amines) is 1. The van der Waals surface area contributed by atoms with E-state index in [0.717, 1.165) is 24.1 Å². The summed E-state index contributed by atoms with van der Waals surface area (Å²) in [5.41, 5.74) is 0.818.